The number of carbonyl (C=O) groups is 1. The standard InChI is InChI=1S/C15H14F3N5O3/c16-15(17,18)10-2-1-3-11(8-10)21-4-6-22(7-5-21)14(24)13-12(23(25)26)9-19-20-13/h1-3,8-9H,4-7H2,(H,19,20). The van der Waals surface area contributed by atoms with Crippen LogP contribution in [-0.2, 0) is 6.18 Å². The highest BCUT2D eigenvalue weighted by Crippen LogP contribution is 2.32. The summed E-state index contributed by atoms with van der Waals surface area (Å²) in [6.07, 6.45) is -3.46. The Kier molecular flexibility index (Phi) is 4.53. The number of benzene rings is 1. The van der Waals surface area contributed by atoms with Crippen LogP contribution in [0.1, 0.15) is 16.1 Å². The molecule has 0 saturated carbocycles. The summed E-state index contributed by atoms with van der Waals surface area (Å²) in [4.78, 5) is 25.7. The van der Waals surface area contributed by atoms with Crippen LogP contribution in [0.15, 0.2) is 30.5 Å². The molecule has 0 bridgehead atoms. The summed E-state index contributed by atoms with van der Waals surface area (Å²) in [6, 6.07) is 4.98. The molecule has 0 aliphatic carbocycles. The van der Waals surface area contributed by atoms with E-state index in [4.69, 9.17) is 0 Å². The van der Waals surface area contributed by atoms with Crippen molar-refractivity contribution in [1.82, 2.24) is 15.1 Å². The van der Waals surface area contributed by atoms with Crippen LogP contribution < -0.4 is 4.90 Å². The Labute approximate surface area is 145 Å². The van der Waals surface area contributed by atoms with Gasteiger partial charge in [-0.1, -0.05) is 6.07 Å². The lowest BCUT2D eigenvalue weighted by Gasteiger charge is -2.36. The number of nitrogens with one attached hydrogen (secondary N) is 1. The Morgan fingerprint density at radius 2 is 1.92 bits per heavy atom. The number of anilines is 1. The quantitative estimate of drug-likeness (QED) is 0.662. The minimum absolute atomic E-state index is 0.206. The third-order valence-electron chi connectivity index (χ3n) is 4.14. The molecule has 138 valence electrons. The van der Waals surface area contributed by atoms with Crippen molar-refractivity contribution in [3.05, 3.63) is 51.8 Å². The van der Waals surface area contributed by atoms with E-state index in [-0.39, 0.29) is 18.8 Å². The van der Waals surface area contributed by atoms with Crippen LogP contribution in [0.4, 0.5) is 24.5 Å². The molecule has 2 heterocycles. The Morgan fingerprint density at radius 3 is 2.54 bits per heavy atom. The van der Waals surface area contributed by atoms with Crippen molar-refractivity contribution in [2.45, 2.75) is 6.18 Å². The molecule has 1 N–H and O–H groups in total. The number of halogens is 3. The number of aromatic amines is 1. The van der Waals surface area contributed by atoms with Crippen LogP contribution >= 0.6 is 0 Å². The molecule has 1 aromatic heterocycles. The maximum Gasteiger partial charge on any atom is 0.416 e. The molecule has 26 heavy (non-hydrogen) atoms. The van der Waals surface area contributed by atoms with E-state index in [0.29, 0.717) is 18.8 Å². The van der Waals surface area contributed by atoms with Gasteiger partial charge >= 0.3 is 11.9 Å². The van der Waals surface area contributed by atoms with E-state index in [1.54, 1.807) is 11.0 Å². The first-order valence-corrected chi connectivity index (χ1v) is 7.66. The number of hydrogen-bond acceptors (Lipinski definition) is 5. The average Bonchev–Trinajstić information content (AvgIpc) is 3.11. The molecule has 11 heteroatoms. The van der Waals surface area contributed by atoms with Crippen molar-refractivity contribution in [1.29, 1.82) is 0 Å². The molecule has 0 unspecified atom stereocenters. The van der Waals surface area contributed by atoms with Gasteiger partial charge < -0.3 is 9.80 Å². The number of H-pyrrole nitrogens is 1. The van der Waals surface area contributed by atoms with E-state index >= 15 is 0 Å². The number of piperazine rings is 1. The molecule has 1 aliphatic heterocycles. The zero-order valence-corrected chi connectivity index (χ0v) is 13.4. The maximum atomic E-state index is 12.8. The topological polar surface area (TPSA) is 95.4 Å². The first kappa shape index (κ1) is 17.7. The Bertz CT molecular complexity index is 828. The fraction of sp³-hybridized carbons (Fsp3) is 0.333. The molecule has 3 rings (SSSR count). The summed E-state index contributed by atoms with van der Waals surface area (Å²) in [6.45, 7) is 1.08. The summed E-state index contributed by atoms with van der Waals surface area (Å²) in [7, 11) is 0. The predicted molar refractivity (Wildman–Crippen MR) is 84.8 cm³/mol. The number of nitrogens with zero attached hydrogens (tertiary/aromatic N) is 4. The number of alkyl halides is 3. The number of hydrogen-bond donors (Lipinski definition) is 1. The number of nitro groups is 1. The van der Waals surface area contributed by atoms with Crippen molar-refractivity contribution < 1.29 is 22.9 Å². The van der Waals surface area contributed by atoms with Gasteiger partial charge in [0.2, 0.25) is 5.69 Å². The first-order valence-electron chi connectivity index (χ1n) is 7.66. The normalized spacial score (nSPS) is 15.2. The van der Waals surface area contributed by atoms with Gasteiger partial charge in [-0.2, -0.15) is 18.3 Å². The van der Waals surface area contributed by atoms with Gasteiger partial charge in [-0.15, -0.1) is 0 Å². The minimum atomic E-state index is -4.42. The van der Waals surface area contributed by atoms with Crippen LogP contribution in [0.25, 0.3) is 0 Å². The van der Waals surface area contributed by atoms with Crippen molar-refractivity contribution in [3.63, 3.8) is 0 Å². The number of rotatable bonds is 3. The van der Waals surface area contributed by atoms with Crippen LogP contribution in [0.3, 0.4) is 0 Å². The Balaban J connectivity index is 1.69. The summed E-state index contributed by atoms with van der Waals surface area (Å²) in [5.41, 5.74) is -0.932. The van der Waals surface area contributed by atoms with Crippen LogP contribution in [0.5, 0.6) is 0 Å². The predicted octanol–water partition coefficient (Wildman–Crippen LogP) is 2.30. The highest BCUT2D eigenvalue weighted by molar-refractivity contribution is 5.96. The highest BCUT2D eigenvalue weighted by atomic mass is 19.4. The summed E-state index contributed by atoms with van der Waals surface area (Å²) in [5.74, 6) is -0.558. The van der Waals surface area contributed by atoms with E-state index < -0.39 is 28.3 Å². The van der Waals surface area contributed by atoms with Crippen molar-refractivity contribution in [2.24, 2.45) is 0 Å². The molecule has 1 saturated heterocycles. The largest absolute Gasteiger partial charge is 0.416 e. The zero-order chi connectivity index (χ0) is 18.9. The van der Waals surface area contributed by atoms with Gasteiger partial charge in [0.05, 0.1) is 10.5 Å². The molecule has 0 atom stereocenters. The summed E-state index contributed by atoms with van der Waals surface area (Å²) in [5, 5.41) is 16.7. The second-order valence-corrected chi connectivity index (χ2v) is 5.71. The lowest BCUT2D eigenvalue weighted by Crippen LogP contribution is -2.49. The van der Waals surface area contributed by atoms with E-state index in [1.807, 2.05) is 0 Å². The molecular formula is C15H14F3N5O3. The van der Waals surface area contributed by atoms with E-state index in [0.717, 1.165) is 18.3 Å². The second kappa shape index (κ2) is 6.65. The first-order chi connectivity index (χ1) is 12.3. The molecule has 2 aromatic rings. The van der Waals surface area contributed by atoms with E-state index in [9.17, 15) is 28.1 Å². The SMILES string of the molecule is O=C(c1[nH]ncc1[N+](=O)[O-])N1CCN(c2cccc(C(F)(F)F)c2)CC1. The smallest absolute Gasteiger partial charge is 0.368 e. The van der Waals surface area contributed by atoms with E-state index in [1.165, 1.54) is 11.0 Å². The molecule has 8 nitrogen and oxygen atoms in total. The fourth-order valence-corrected chi connectivity index (χ4v) is 2.78. The van der Waals surface area contributed by atoms with Crippen LogP contribution in [0.2, 0.25) is 0 Å². The van der Waals surface area contributed by atoms with Crippen molar-refractivity contribution >= 4 is 17.3 Å². The van der Waals surface area contributed by atoms with Crippen molar-refractivity contribution in [2.75, 3.05) is 31.1 Å². The summed E-state index contributed by atoms with van der Waals surface area (Å²) >= 11 is 0. The molecule has 1 fully saturated rings. The number of carbonyl (C=O) groups excluding carboxylic acids is 1. The van der Waals surface area contributed by atoms with Gasteiger partial charge in [-0.25, -0.2) is 0 Å². The number of amides is 1. The lowest BCUT2D eigenvalue weighted by atomic mass is 10.1. The molecule has 0 spiro atoms. The molecule has 1 aliphatic rings. The molecule has 1 aromatic carbocycles. The van der Waals surface area contributed by atoms with Crippen LogP contribution in [-0.4, -0.2) is 52.1 Å². The molecule has 0 radical (unpaired) electrons. The lowest BCUT2D eigenvalue weighted by molar-refractivity contribution is -0.385. The van der Waals surface area contributed by atoms with Gasteiger partial charge in [-0.3, -0.25) is 20.0 Å². The van der Waals surface area contributed by atoms with Crippen molar-refractivity contribution in [3.8, 4) is 0 Å². The average molecular weight is 369 g/mol. The number of aromatic nitrogens is 2. The summed E-state index contributed by atoms with van der Waals surface area (Å²) < 4.78 is 38.5. The maximum absolute atomic E-state index is 12.8. The van der Waals surface area contributed by atoms with E-state index in [2.05, 4.69) is 10.2 Å². The van der Waals surface area contributed by atoms with Gasteiger partial charge in [0, 0.05) is 31.9 Å². The van der Waals surface area contributed by atoms with Crippen LogP contribution in [0, 0.1) is 10.1 Å². The molecular weight excluding hydrogens is 355 g/mol. The van der Waals surface area contributed by atoms with Gasteiger partial charge in [-0.05, 0) is 18.2 Å². The van der Waals surface area contributed by atoms with Gasteiger partial charge in [0.15, 0.2) is 0 Å². The third kappa shape index (κ3) is 3.46. The second-order valence-electron chi connectivity index (χ2n) is 5.71. The highest BCUT2D eigenvalue weighted by Gasteiger charge is 2.32. The minimum Gasteiger partial charge on any atom is -0.368 e. The molecule has 1 amide bonds. The van der Waals surface area contributed by atoms with Gasteiger partial charge in [0.25, 0.3) is 5.91 Å². The van der Waals surface area contributed by atoms with Gasteiger partial charge in [0.1, 0.15) is 6.20 Å². The Hall–Kier alpha value is -3.11. The Morgan fingerprint density at radius 1 is 1.23 bits per heavy atom. The fourth-order valence-electron chi connectivity index (χ4n) is 2.78. The third-order valence-corrected chi connectivity index (χ3v) is 4.14. The monoisotopic (exact) mass is 369 g/mol. The zero-order valence-electron chi connectivity index (χ0n) is 13.4.